The molecule has 0 spiro atoms. The molecule has 0 unspecified atom stereocenters. The van der Waals surface area contributed by atoms with Gasteiger partial charge in [-0.1, -0.05) is 12.1 Å². The third kappa shape index (κ3) is 3.60. The van der Waals surface area contributed by atoms with Crippen molar-refractivity contribution in [3.8, 4) is 11.3 Å². The smallest absolute Gasteiger partial charge is 0.287 e. The Hall–Kier alpha value is -2.18. The van der Waals surface area contributed by atoms with Crippen molar-refractivity contribution in [2.75, 3.05) is 19.8 Å². The van der Waals surface area contributed by atoms with Gasteiger partial charge in [-0.25, -0.2) is 4.39 Å². The van der Waals surface area contributed by atoms with Crippen LogP contribution in [0.15, 0.2) is 40.8 Å². The lowest BCUT2D eigenvalue weighted by Crippen LogP contribution is -2.46. The van der Waals surface area contributed by atoms with Crippen molar-refractivity contribution in [1.82, 2.24) is 5.32 Å². The minimum atomic E-state index is -0.950. The van der Waals surface area contributed by atoms with Crippen LogP contribution in [0.5, 0.6) is 0 Å². The molecule has 1 aromatic heterocycles. The minimum absolute atomic E-state index is 0.0823. The molecule has 0 bridgehead atoms. The largest absolute Gasteiger partial charge is 0.451 e. The van der Waals surface area contributed by atoms with E-state index in [0.29, 0.717) is 31.6 Å². The van der Waals surface area contributed by atoms with Crippen LogP contribution >= 0.6 is 0 Å². The van der Waals surface area contributed by atoms with Gasteiger partial charge < -0.3 is 19.6 Å². The molecule has 1 saturated heterocycles. The third-order valence-electron chi connectivity index (χ3n) is 3.97. The van der Waals surface area contributed by atoms with Crippen molar-refractivity contribution in [2.24, 2.45) is 0 Å². The zero-order chi connectivity index (χ0) is 16.3. The van der Waals surface area contributed by atoms with Gasteiger partial charge in [0.15, 0.2) is 5.76 Å². The van der Waals surface area contributed by atoms with Crippen molar-refractivity contribution in [3.63, 3.8) is 0 Å². The molecule has 2 aromatic rings. The molecule has 6 heteroatoms. The first-order valence-electron chi connectivity index (χ1n) is 7.50. The molecule has 0 radical (unpaired) electrons. The van der Waals surface area contributed by atoms with Crippen LogP contribution in [0.1, 0.15) is 23.4 Å². The summed E-state index contributed by atoms with van der Waals surface area (Å²) in [6.45, 7) is 1.08. The standard InChI is InChI=1S/C17H18FNO4/c18-13-4-2-1-3-12(13)14-5-6-15(23-14)16(20)19-11-17(21)7-9-22-10-8-17/h1-6,21H,7-11H2,(H,19,20). The summed E-state index contributed by atoms with van der Waals surface area (Å²) < 4.78 is 24.3. The first-order chi connectivity index (χ1) is 11.1. The van der Waals surface area contributed by atoms with E-state index in [1.165, 1.54) is 12.1 Å². The third-order valence-corrected chi connectivity index (χ3v) is 3.97. The number of carbonyl (C=O) groups is 1. The number of benzene rings is 1. The van der Waals surface area contributed by atoms with Gasteiger partial charge in [-0.15, -0.1) is 0 Å². The summed E-state index contributed by atoms with van der Waals surface area (Å²) in [7, 11) is 0. The van der Waals surface area contributed by atoms with Crippen LogP contribution < -0.4 is 5.32 Å². The van der Waals surface area contributed by atoms with Crippen LogP contribution in [-0.4, -0.2) is 36.4 Å². The molecule has 2 heterocycles. The predicted octanol–water partition coefficient (Wildman–Crippen LogP) is 2.36. The number of amides is 1. The SMILES string of the molecule is O=C(NCC1(O)CCOCC1)c1ccc(-c2ccccc2F)o1. The number of ether oxygens (including phenoxy) is 1. The fraction of sp³-hybridized carbons (Fsp3) is 0.353. The maximum absolute atomic E-state index is 13.7. The molecular weight excluding hydrogens is 301 g/mol. The Morgan fingerprint density at radius 3 is 2.70 bits per heavy atom. The Bertz CT molecular complexity index is 691. The molecule has 0 atom stereocenters. The average molecular weight is 319 g/mol. The van der Waals surface area contributed by atoms with Crippen molar-refractivity contribution in [2.45, 2.75) is 18.4 Å². The molecule has 122 valence electrons. The van der Waals surface area contributed by atoms with Gasteiger partial charge >= 0.3 is 0 Å². The summed E-state index contributed by atoms with van der Waals surface area (Å²) in [5, 5.41) is 13.0. The van der Waals surface area contributed by atoms with Crippen LogP contribution in [0.25, 0.3) is 11.3 Å². The van der Waals surface area contributed by atoms with Crippen LogP contribution in [0.3, 0.4) is 0 Å². The van der Waals surface area contributed by atoms with Crippen LogP contribution in [0.2, 0.25) is 0 Å². The topological polar surface area (TPSA) is 71.7 Å². The van der Waals surface area contributed by atoms with Crippen LogP contribution in [0, 0.1) is 5.82 Å². The Morgan fingerprint density at radius 1 is 1.22 bits per heavy atom. The first kappa shape index (κ1) is 15.7. The van der Waals surface area contributed by atoms with Gasteiger partial charge in [0.2, 0.25) is 0 Å². The number of hydrogen-bond acceptors (Lipinski definition) is 4. The Morgan fingerprint density at radius 2 is 1.96 bits per heavy atom. The van der Waals surface area contributed by atoms with E-state index in [1.54, 1.807) is 24.3 Å². The number of carbonyl (C=O) groups excluding carboxylic acids is 1. The highest BCUT2D eigenvalue weighted by Crippen LogP contribution is 2.25. The van der Waals surface area contributed by atoms with E-state index < -0.39 is 17.3 Å². The zero-order valence-electron chi connectivity index (χ0n) is 12.5. The maximum atomic E-state index is 13.7. The number of furan rings is 1. The average Bonchev–Trinajstić information content (AvgIpc) is 3.04. The summed E-state index contributed by atoms with van der Waals surface area (Å²) in [6, 6.07) is 9.24. The summed E-state index contributed by atoms with van der Waals surface area (Å²) in [5.41, 5.74) is -0.649. The van der Waals surface area contributed by atoms with Crippen molar-refractivity contribution in [3.05, 3.63) is 48.0 Å². The highest BCUT2D eigenvalue weighted by molar-refractivity contribution is 5.92. The van der Waals surface area contributed by atoms with E-state index in [9.17, 15) is 14.3 Å². The molecule has 1 amide bonds. The zero-order valence-corrected chi connectivity index (χ0v) is 12.5. The van der Waals surface area contributed by atoms with E-state index in [-0.39, 0.29) is 18.1 Å². The van der Waals surface area contributed by atoms with Crippen molar-refractivity contribution >= 4 is 5.91 Å². The molecule has 3 rings (SSSR count). The van der Waals surface area contributed by atoms with Gasteiger partial charge in [-0.3, -0.25) is 4.79 Å². The summed E-state index contributed by atoms with van der Waals surface area (Å²) in [4.78, 5) is 12.1. The van der Waals surface area contributed by atoms with E-state index >= 15 is 0 Å². The fourth-order valence-electron chi connectivity index (χ4n) is 2.53. The number of hydrogen-bond donors (Lipinski definition) is 2. The van der Waals surface area contributed by atoms with Gasteiger partial charge in [0.25, 0.3) is 5.91 Å². The predicted molar refractivity (Wildman–Crippen MR) is 81.4 cm³/mol. The number of halogens is 1. The monoisotopic (exact) mass is 319 g/mol. The quantitative estimate of drug-likeness (QED) is 0.907. The van der Waals surface area contributed by atoms with Gasteiger partial charge in [-0.05, 0) is 24.3 Å². The molecule has 1 aromatic carbocycles. The van der Waals surface area contributed by atoms with E-state index in [4.69, 9.17) is 9.15 Å². The van der Waals surface area contributed by atoms with Gasteiger partial charge in [0.1, 0.15) is 11.6 Å². The second kappa shape index (κ2) is 6.52. The summed E-state index contributed by atoms with van der Waals surface area (Å²) in [5.74, 6) is -0.477. The Kier molecular flexibility index (Phi) is 4.45. The molecule has 23 heavy (non-hydrogen) atoms. The Labute approximate surface area is 133 Å². The van der Waals surface area contributed by atoms with E-state index in [0.717, 1.165) is 0 Å². The highest BCUT2D eigenvalue weighted by Gasteiger charge is 2.30. The lowest BCUT2D eigenvalue weighted by atomic mass is 9.94. The molecule has 0 saturated carbocycles. The normalized spacial score (nSPS) is 17.0. The molecule has 1 fully saturated rings. The van der Waals surface area contributed by atoms with Gasteiger partial charge in [-0.2, -0.15) is 0 Å². The summed E-state index contributed by atoms with van der Waals surface area (Å²) in [6.07, 6.45) is 0.956. The van der Waals surface area contributed by atoms with Crippen LogP contribution in [-0.2, 0) is 4.74 Å². The molecule has 0 aliphatic carbocycles. The lowest BCUT2D eigenvalue weighted by Gasteiger charge is -2.31. The second-order valence-corrected chi connectivity index (χ2v) is 5.66. The number of rotatable bonds is 4. The Balaban J connectivity index is 1.66. The second-order valence-electron chi connectivity index (χ2n) is 5.66. The lowest BCUT2D eigenvalue weighted by molar-refractivity contribution is -0.0605. The van der Waals surface area contributed by atoms with E-state index in [1.807, 2.05) is 0 Å². The van der Waals surface area contributed by atoms with Crippen LogP contribution in [0.4, 0.5) is 4.39 Å². The summed E-state index contributed by atoms with van der Waals surface area (Å²) >= 11 is 0. The van der Waals surface area contributed by atoms with Crippen molar-refractivity contribution in [1.29, 1.82) is 0 Å². The van der Waals surface area contributed by atoms with Gasteiger partial charge in [0.05, 0.1) is 11.2 Å². The number of nitrogens with one attached hydrogen (secondary N) is 1. The minimum Gasteiger partial charge on any atom is -0.451 e. The van der Waals surface area contributed by atoms with Crippen molar-refractivity contribution < 1.29 is 23.4 Å². The molecule has 2 N–H and O–H groups in total. The molecule has 1 aliphatic rings. The molecule has 5 nitrogen and oxygen atoms in total. The first-order valence-corrected chi connectivity index (χ1v) is 7.50. The highest BCUT2D eigenvalue weighted by atomic mass is 19.1. The maximum Gasteiger partial charge on any atom is 0.287 e. The number of aliphatic hydroxyl groups is 1. The van der Waals surface area contributed by atoms with Gasteiger partial charge in [0, 0.05) is 32.6 Å². The molecule has 1 aliphatic heterocycles. The van der Waals surface area contributed by atoms with E-state index in [2.05, 4.69) is 5.32 Å². The fourth-order valence-corrected chi connectivity index (χ4v) is 2.53. The molecular formula is C17H18FNO4.